The van der Waals surface area contributed by atoms with Crippen LogP contribution >= 0.6 is 0 Å². The van der Waals surface area contributed by atoms with Gasteiger partial charge in [0.2, 0.25) is 11.8 Å². The molecule has 0 heterocycles. The zero-order valence-corrected chi connectivity index (χ0v) is 13.0. The van der Waals surface area contributed by atoms with Gasteiger partial charge in [-0.05, 0) is 25.0 Å². The molecule has 0 fully saturated rings. The first-order valence-electron chi connectivity index (χ1n) is 6.96. The Morgan fingerprint density at radius 3 is 2.38 bits per heavy atom. The molecule has 0 saturated carbocycles. The molecule has 114 valence electrons. The molecule has 5 nitrogen and oxygen atoms in total. The van der Waals surface area contributed by atoms with Crippen molar-refractivity contribution in [3.05, 3.63) is 29.8 Å². The predicted molar refractivity (Wildman–Crippen MR) is 82.2 cm³/mol. The lowest BCUT2D eigenvalue weighted by Crippen LogP contribution is -2.38. The fourth-order valence-corrected chi connectivity index (χ4v) is 1.94. The van der Waals surface area contributed by atoms with Gasteiger partial charge in [0.25, 0.3) is 0 Å². The highest BCUT2D eigenvalue weighted by Crippen LogP contribution is 2.11. The number of Topliss-reactive ketones (excluding diaryl/α,β-unsaturated/α-hetero) is 1. The molecule has 21 heavy (non-hydrogen) atoms. The Labute approximate surface area is 125 Å². The van der Waals surface area contributed by atoms with Crippen LogP contribution in [0, 0.1) is 5.92 Å². The van der Waals surface area contributed by atoms with E-state index < -0.39 is 0 Å². The average Bonchev–Trinajstić information content (AvgIpc) is 2.37. The third kappa shape index (κ3) is 5.77. The summed E-state index contributed by atoms with van der Waals surface area (Å²) in [6, 6.07) is 6.74. The van der Waals surface area contributed by atoms with Gasteiger partial charge in [0.1, 0.15) is 0 Å². The van der Waals surface area contributed by atoms with Crippen LogP contribution in [0.2, 0.25) is 0 Å². The summed E-state index contributed by atoms with van der Waals surface area (Å²) in [5.41, 5.74) is 1.10. The van der Waals surface area contributed by atoms with Crippen molar-refractivity contribution in [3.8, 4) is 0 Å². The lowest BCUT2D eigenvalue weighted by atomic mass is 10.1. The molecule has 1 aromatic rings. The fourth-order valence-electron chi connectivity index (χ4n) is 1.94. The molecule has 0 radical (unpaired) electrons. The highest BCUT2D eigenvalue weighted by Gasteiger charge is 2.15. The molecule has 0 bridgehead atoms. The number of carbonyl (C=O) groups excluding carboxylic acids is 3. The van der Waals surface area contributed by atoms with Crippen molar-refractivity contribution in [2.75, 3.05) is 18.4 Å². The molecule has 1 rings (SSSR count). The smallest absolute Gasteiger partial charge is 0.243 e. The minimum atomic E-state index is -0.272. The lowest BCUT2D eigenvalue weighted by Gasteiger charge is -2.22. The number of nitrogens with zero attached hydrogens (tertiary/aromatic N) is 1. The number of hydrogen-bond acceptors (Lipinski definition) is 3. The SMILES string of the molecule is CC(=O)c1cccc(NC(=O)CN(CC(C)C)C(C)=O)c1. The Kier molecular flexibility index (Phi) is 6.09. The molecule has 0 unspecified atom stereocenters. The molecule has 5 heteroatoms. The molecule has 0 aliphatic rings. The van der Waals surface area contributed by atoms with E-state index in [1.807, 2.05) is 13.8 Å². The molecule has 1 aromatic carbocycles. The van der Waals surface area contributed by atoms with Gasteiger partial charge in [-0.15, -0.1) is 0 Å². The van der Waals surface area contributed by atoms with Crippen molar-refractivity contribution >= 4 is 23.3 Å². The van der Waals surface area contributed by atoms with Crippen LogP contribution in [-0.4, -0.2) is 35.6 Å². The Hall–Kier alpha value is -2.17. The number of nitrogens with one attached hydrogen (secondary N) is 1. The van der Waals surface area contributed by atoms with Crippen molar-refractivity contribution < 1.29 is 14.4 Å². The zero-order chi connectivity index (χ0) is 16.0. The number of hydrogen-bond donors (Lipinski definition) is 1. The zero-order valence-electron chi connectivity index (χ0n) is 13.0. The van der Waals surface area contributed by atoms with Crippen molar-refractivity contribution in [2.24, 2.45) is 5.92 Å². The summed E-state index contributed by atoms with van der Waals surface area (Å²) < 4.78 is 0. The standard InChI is InChI=1S/C16H22N2O3/c1-11(2)9-18(13(4)20)10-16(21)17-15-7-5-6-14(8-15)12(3)19/h5-8,11H,9-10H2,1-4H3,(H,17,21). The Morgan fingerprint density at radius 1 is 1.19 bits per heavy atom. The maximum atomic E-state index is 12.0. The topological polar surface area (TPSA) is 66.5 Å². The number of ketones is 1. The van der Waals surface area contributed by atoms with Crippen LogP contribution in [0.15, 0.2) is 24.3 Å². The summed E-state index contributed by atoms with van der Waals surface area (Å²) in [5.74, 6) is -0.165. The van der Waals surface area contributed by atoms with Crippen molar-refractivity contribution in [3.63, 3.8) is 0 Å². The second-order valence-corrected chi connectivity index (χ2v) is 5.48. The first-order valence-corrected chi connectivity index (χ1v) is 6.96. The lowest BCUT2D eigenvalue weighted by molar-refractivity contribution is -0.133. The van der Waals surface area contributed by atoms with Crippen molar-refractivity contribution in [2.45, 2.75) is 27.7 Å². The molecule has 2 amide bonds. The van der Waals surface area contributed by atoms with E-state index in [1.54, 1.807) is 24.3 Å². The molecule has 0 aromatic heterocycles. The van der Waals surface area contributed by atoms with Gasteiger partial charge >= 0.3 is 0 Å². The van der Waals surface area contributed by atoms with Gasteiger partial charge in [-0.25, -0.2) is 0 Å². The fraction of sp³-hybridized carbons (Fsp3) is 0.438. The third-order valence-corrected chi connectivity index (χ3v) is 2.92. The predicted octanol–water partition coefficient (Wildman–Crippen LogP) is 2.33. The van der Waals surface area contributed by atoms with Gasteiger partial charge in [0.15, 0.2) is 5.78 Å². The summed E-state index contributed by atoms with van der Waals surface area (Å²) in [7, 11) is 0. The summed E-state index contributed by atoms with van der Waals surface area (Å²) in [5, 5.41) is 2.71. The molecule has 0 saturated heterocycles. The van der Waals surface area contributed by atoms with Crippen LogP contribution in [0.25, 0.3) is 0 Å². The normalized spacial score (nSPS) is 10.3. The first kappa shape index (κ1) is 16.9. The Bertz CT molecular complexity index is 538. The van der Waals surface area contributed by atoms with E-state index in [0.717, 1.165) is 0 Å². The molecule has 0 aliphatic heterocycles. The van der Waals surface area contributed by atoms with Crippen LogP contribution in [0.4, 0.5) is 5.69 Å². The highest BCUT2D eigenvalue weighted by molar-refractivity contribution is 5.98. The Morgan fingerprint density at radius 2 is 1.86 bits per heavy atom. The van der Waals surface area contributed by atoms with Gasteiger partial charge < -0.3 is 10.2 Å². The van der Waals surface area contributed by atoms with E-state index in [0.29, 0.717) is 23.7 Å². The number of rotatable bonds is 6. The second-order valence-electron chi connectivity index (χ2n) is 5.48. The number of anilines is 1. The van der Waals surface area contributed by atoms with Gasteiger partial charge in [-0.3, -0.25) is 14.4 Å². The van der Waals surface area contributed by atoms with E-state index in [1.165, 1.54) is 18.7 Å². The Balaban J connectivity index is 2.70. The van der Waals surface area contributed by atoms with E-state index in [2.05, 4.69) is 5.32 Å². The summed E-state index contributed by atoms with van der Waals surface area (Å²) >= 11 is 0. The first-order chi connectivity index (χ1) is 9.79. The van der Waals surface area contributed by atoms with Gasteiger partial charge in [-0.2, -0.15) is 0 Å². The van der Waals surface area contributed by atoms with Gasteiger partial charge in [0, 0.05) is 24.7 Å². The van der Waals surface area contributed by atoms with Gasteiger partial charge in [0.05, 0.1) is 6.54 Å². The number of benzene rings is 1. The van der Waals surface area contributed by atoms with Crippen LogP contribution in [0.1, 0.15) is 38.1 Å². The number of carbonyl (C=O) groups is 3. The third-order valence-electron chi connectivity index (χ3n) is 2.92. The van der Waals surface area contributed by atoms with E-state index in [9.17, 15) is 14.4 Å². The average molecular weight is 290 g/mol. The molecule has 0 aliphatic carbocycles. The molecule has 1 N–H and O–H groups in total. The summed E-state index contributed by atoms with van der Waals surface area (Å²) in [4.78, 5) is 36.3. The summed E-state index contributed by atoms with van der Waals surface area (Å²) in [6.07, 6.45) is 0. The van der Waals surface area contributed by atoms with Crippen LogP contribution in [-0.2, 0) is 9.59 Å². The number of amides is 2. The van der Waals surface area contributed by atoms with Crippen molar-refractivity contribution in [1.29, 1.82) is 0 Å². The van der Waals surface area contributed by atoms with E-state index >= 15 is 0 Å². The van der Waals surface area contributed by atoms with E-state index in [-0.39, 0.29) is 24.1 Å². The molecular weight excluding hydrogens is 268 g/mol. The molecular formula is C16H22N2O3. The maximum absolute atomic E-state index is 12.0. The highest BCUT2D eigenvalue weighted by atomic mass is 16.2. The van der Waals surface area contributed by atoms with Crippen LogP contribution < -0.4 is 5.32 Å². The van der Waals surface area contributed by atoms with E-state index in [4.69, 9.17) is 0 Å². The molecule has 0 spiro atoms. The van der Waals surface area contributed by atoms with Crippen molar-refractivity contribution in [1.82, 2.24) is 4.90 Å². The maximum Gasteiger partial charge on any atom is 0.243 e. The largest absolute Gasteiger partial charge is 0.333 e. The van der Waals surface area contributed by atoms with Gasteiger partial charge in [-0.1, -0.05) is 26.0 Å². The monoisotopic (exact) mass is 290 g/mol. The van der Waals surface area contributed by atoms with Crippen LogP contribution in [0.5, 0.6) is 0 Å². The van der Waals surface area contributed by atoms with Crippen LogP contribution in [0.3, 0.4) is 0 Å². The molecule has 0 atom stereocenters. The minimum Gasteiger partial charge on any atom is -0.333 e. The second kappa shape index (κ2) is 7.57. The summed E-state index contributed by atoms with van der Waals surface area (Å²) in [6.45, 7) is 7.45. The minimum absolute atomic E-state index is 0.0117. The quantitative estimate of drug-likeness (QED) is 0.818.